The van der Waals surface area contributed by atoms with Gasteiger partial charge in [-0.3, -0.25) is 9.69 Å². The topological polar surface area (TPSA) is 102 Å². The number of aromatic nitrogens is 5. The number of nitrogens with zero attached hydrogens (tertiary/aromatic N) is 5. The molecule has 0 aliphatic carbocycles. The number of hydrogen-bond donors (Lipinski definition) is 1. The third-order valence-electron chi connectivity index (χ3n) is 6.36. The molecule has 0 amide bonds. The summed E-state index contributed by atoms with van der Waals surface area (Å²) in [5, 5.41) is 13.7. The molecule has 0 saturated carbocycles. The van der Waals surface area contributed by atoms with Gasteiger partial charge >= 0.3 is 0 Å². The molecular weight excluding hydrogens is 480 g/mol. The smallest absolute Gasteiger partial charge is 0.253 e. The molecule has 38 heavy (non-hydrogen) atoms. The third-order valence-corrected chi connectivity index (χ3v) is 6.36. The van der Waals surface area contributed by atoms with Gasteiger partial charge in [0.05, 0.1) is 25.0 Å². The molecule has 0 aliphatic rings. The van der Waals surface area contributed by atoms with Gasteiger partial charge in [-0.15, -0.1) is 5.10 Å². The van der Waals surface area contributed by atoms with Crippen molar-refractivity contribution in [2.45, 2.75) is 52.4 Å². The van der Waals surface area contributed by atoms with Gasteiger partial charge in [-0.25, -0.2) is 4.68 Å². The van der Waals surface area contributed by atoms with Crippen molar-refractivity contribution in [3.05, 3.63) is 106 Å². The number of aromatic amines is 1. The van der Waals surface area contributed by atoms with Crippen molar-refractivity contribution < 1.29 is 9.15 Å². The lowest BCUT2D eigenvalue weighted by molar-refractivity contribution is 0.171. The minimum absolute atomic E-state index is 0.201. The van der Waals surface area contributed by atoms with Crippen molar-refractivity contribution in [3.8, 4) is 5.75 Å². The molecule has 0 radical (unpaired) electrons. The largest absolute Gasteiger partial charge is 0.494 e. The summed E-state index contributed by atoms with van der Waals surface area (Å²) < 4.78 is 13.3. The lowest BCUT2D eigenvalue weighted by Gasteiger charge is -2.32. The fourth-order valence-electron chi connectivity index (χ4n) is 4.66. The van der Waals surface area contributed by atoms with Crippen LogP contribution < -0.4 is 10.3 Å². The highest BCUT2D eigenvalue weighted by Gasteiger charge is 2.34. The first-order valence-electron chi connectivity index (χ1n) is 12.7. The van der Waals surface area contributed by atoms with Gasteiger partial charge in [-0.2, -0.15) is 0 Å². The quantitative estimate of drug-likeness (QED) is 0.295. The highest BCUT2D eigenvalue weighted by molar-refractivity contribution is 5.80. The van der Waals surface area contributed by atoms with Gasteiger partial charge in [-0.05, 0) is 80.1 Å². The van der Waals surface area contributed by atoms with E-state index in [0.29, 0.717) is 31.1 Å². The third kappa shape index (κ3) is 5.38. The maximum atomic E-state index is 13.7. The van der Waals surface area contributed by atoms with Crippen LogP contribution in [-0.4, -0.2) is 36.7 Å². The van der Waals surface area contributed by atoms with Crippen molar-refractivity contribution in [1.29, 1.82) is 0 Å². The number of H-pyrrole nitrogens is 1. The summed E-state index contributed by atoms with van der Waals surface area (Å²) in [5.41, 5.74) is 1.75. The van der Waals surface area contributed by atoms with Gasteiger partial charge in [0.25, 0.3) is 5.56 Å². The Kier molecular flexibility index (Phi) is 7.11. The molecule has 9 heteroatoms. The van der Waals surface area contributed by atoms with Crippen molar-refractivity contribution in [3.63, 3.8) is 0 Å². The number of furan rings is 1. The Hall–Kier alpha value is -4.24. The number of nitrogens with one attached hydrogen (secondary N) is 1. The number of rotatable bonds is 9. The Bertz CT molecular complexity index is 1550. The minimum Gasteiger partial charge on any atom is -0.494 e. The lowest BCUT2D eigenvalue weighted by Crippen LogP contribution is -2.37. The van der Waals surface area contributed by atoms with Crippen LogP contribution in [-0.2, 0) is 18.6 Å². The average molecular weight is 513 g/mol. The summed E-state index contributed by atoms with van der Waals surface area (Å²) >= 11 is 0. The summed E-state index contributed by atoms with van der Waals surface area (Å²) in [7, 11) is 0. The fraction of sp³-hybridized carbons (Fsp3) is 0.310. The van der Waals surface area contributed by atoms with Gasteiger partial charge in [-0.1, -0.05) is 30.3 Å². The first kappa shape index (κ1) is 25.4. The summed E-state index contributed by atoms with van der Waals surface area (Å²) in [6.07, 6.45) is 1.66. The van der Waals surface area contributed by atoms with E-state index in [1.54, 1.807) is 10.9 Å². The number of fused-ring (bicyclic) bond motifs is 1. The molecule has 1 N–H and O–H groups in total. The number of pyridine rings is 1. The Labute approximate surface area is 221 Å². The maximum Gasteiger partial charge on any atom is 0.253 e. The fourth-order valence-corrected chi connectivity index (χ4v) is 4.66. The molecule has 1 atom stereocenters. The average Bonchev–Trinajstić information content (AvgIpc) is 3.58. The van der Waals surface area contributed by atoms with Crippen molar-refractivity contribution in [1.82, 2.24) is 30.1 Å². The van der Waals surface area contributed by atoms with E-state index in [0.717, 1.165) is 28.0 Å². The zero-order valence-corrected chi connectivity index (χ0v) is 22.1. The Morgan fingerprint density at radius 1 is 1.05 bits per heavy atom. The number of tetrazole rings is 1. The molecule has 0 bridgehead atoms. The molecular formula is C29H32N6O3. The number of hydrogen-bond acceptors (Lipinski definition) is 7. The normalized spacial score (nSPS) is 12.8. The van der Waals surface area contributed by atoms with Gasteiger partial charge in [0.2, 0.25) is 0 Å². The molecule has 3 aromatic heterocycles. The van der Waals surface area contributed by atoms with E-state index in [2.05, 4.69) is 37.5 Å². The predicted octanol–water partition coefficient (Wildman–Crippen LogP) is 5.05. The van der Waals surface area contributed by atoms with Crippen LogP contribution in [0.15, 0.2) is 82.2 Å². The van der Waals surface area contributed by atoms with Gasteiger partial charge in [0, 0.05) is 23.0 Å². The maximum absolute atomic E-state index is 13.7. The zero-order valence-electron chi connectivity index (χ0n) is 22.1. The zero-order chi connectivity index (χ0) is 26.7. The minimum atomic E-state index is -0.571. The van der Waals surface area contributed by atoms with Crippen LogP contribution in [0.4, 0.5) is 0 Å². The number of benzene rings is 2. The lowest BCUT2D eigenvalue weighted by atomic mass is 10.0. The van der Waals surface area contributed by atoms with Gasteiger partial charge < -0.3 is 14.1 Å². The molecule has 0 spiro atoms. The van der Waals surface area contributed by atoms with E-state index in [1.165, 1.54) is 0 Å². The van der Waals surface area contributed by atoms with Gasteiger partial charge in [0.15, 0.2) is 5.82 Å². The Morgan fingerprint density at radius 2 is 1.87 bits per heavy atom. The van der Waals surface area contributed by atoms with E-state index >= 15 is 0 Å². The van der Waals surface area contributed by atoms with Crippen molar-refractivity contribution >= 4 is 10.9 Å². The molecule has 9 nitrogen and oxygen atoms in total. The second-order valence-corrected chi connectivity index (χ2v) is 10.2. The van der Waals surface area contributed by atoms with Crippen LogP contribution in [0.3, 0.4) is 0 Å². The van der Waals surface area contributed by atoms with E-state index in [4.69, 9.17) is 9.15 Å². The molecule has 0 fully saturated rings. The first-order chi connectivity index (χ1) is 18.3. The molecule has 1 unspecified atom stereocenters. The Morgan fingerprint density at radius 3 is 2.58 bits per heavy atom. The molecule has 0 saturated heterocycles. The molecule has 5 aromatic rings. The van der Waals surface area contributed by atoms with Crippen molar-refractivity contribution in [2.24, 2.45) is 0 Å². The van der Waals surface area contributed by atoms with Crippen LogP contribution >= 0.6 is 0 Å². The highest BCUT2D eigenvalue weighted by atomic mass is 16.5. The summed E-state index contributed by atoms with van der Waals surface area (Å²) in [6, 6.07) is 20.9. The second kappa shape index (κ2) is 10.6. The van der Waals surface area contributed by atoms with E-state index in [9.17, 15) is 4.79 Å². The van der Waals surface area contributed by atoms with E-state index in [1.807, 2.05) is 82.3 Å². The van der Waals surface area contributed by atoms with Crippen LogP contribution in [0.1, 0.15) is 56.4 Å². The molecule has 5 rings (SSSR count). The summed E-state index contributed by atoms with van der Waals surface area (Å²) in [6.45, 7) is 9.60. The van der Waals surface area contributed by atoms with Crippen LogP contribution in [0.2, 0.25) is 0 Å². The highest BCUT2D eigenvalue weighted by Crippen LogP contribution is 2.32. The molecule has 3 heterocycles. The first-order valence-corrected chi connectivity index (χ1v) is 12.7. The Balaban J connectivity index is 1.72. The summed E-state index contributed by atoms with van der Waals surface area (Å²) in [4.78, 5) is 18.9. The van der Waals surface area contributed by atoms with Crippen LogP contribution in [0.25, 0.3) is 10.9 Å². The molecule has 0 aliphatic heterocycles. The molecule has 196 valence electrons. The van der Waals surface area contributed by atoms with E-state index in [-0.39, 0.29) is 5.56 Å². The monoisotopic (exact) mass is 512 g/mol. The van der Waals surface area contributed by atoms with Crippen molar-refractivity contribution in [2.75, 3.05) is 6.61 Å². The molecule has 2 aromatic carbocycles. The van der Waals surface area contributed by atoms with Crippen LogP contribution in [0.5, 0.6) is 5.75 Å². The predicted molar refractivity (Wildman–Crippen MR) is 145 cm³/mol. The van der Waals surface area contributed by atoms with E-state index < -0.39 is 11.6 Å². The van der Waals surface area contributed by atoms with Crippen LogP contribution in [0, 0.1) is 0 Å². The summed E-state index contributed by atoms with van der Waals surface area (Å²) in [5.74, 6) is 2.09. The standard InChI is InChI=1S/C29H32N6O3/c1-5-37-22-13-14-25-21(16-22)17-24(28(36)30-25)26(27-31-32-33-35(27)29(2,3)4)34(19-23-12-9-15-38-23)18-20-10-7-6-8-11-20/h6-17,26H,5,18-19H2,1-4H3,(H,30,36). The second-order valence-electron chi connectivity index (χ2n) is 10.2. The number of ether oxygens (including phenoxy) is 1. The van der Waals surface area contributed by atoms with Gasteiger partial charge in [0.1, 0.15) is 17.6 Å². The SMILES string of the molecule is CCOc1ccc2[nH]c(=O)c(C(c3nnnn3C(C)(C)C)N(Cc3ccccc3)Cc3ccco3)cc2c1.